The molecule has 0 N–H and O–H groups in total. The van der Waals surface area contributed by atoms with Crippen LogP contribution in [0.5, 0.6) is 0 Å². The van der Waals surface area contributed by atoms with E-state index in [4.69, 9.17) is 12.2 Å². The van der Waals surface area contributed by atoms with Gasteiger partial charge in [-0.3, -0.25) is 4.98 Å². The Morgan fingerprint density at radius 3 is 2.85 bits per heavy atom. The van der Waals surface area contributed by atoms with Crippen LogP contribution in [0.2, 0.25) is 0 Å². The third-order valence-corrected chi connectivity index (χ3v) is 2.52. The summed E-state index contributed by atoms with van der Waals surface area (Å²) in [4.78, 5) is 4.28. The van der Waals surface area contributed by atoms with Gasteiger partial charge in [0.1, 0.15) is 0 Å². The molecule has 1 aromatic heterocycles. The minimum atomic E-state index is 0.226. The van der Waals surface area contributed by atoms with Gasteiger partial charge < -0.3 is 0 Å². The number of thiol groups is 1. The van der Waals surface area contributed by atoms with Gasteiger partial charge in [0.05, 0.1) is 4.20 Å². The lowest BCUT2D eigenvalue weighted by Gasteiger charge is -2.12. The monoisotopic (exact) mass is 211 g/mol. The van der Waals surface area contributed by atoms with Crippen molar-refractivity contribution in [1.29, 1.82) is 0 Å². The fourth-order valence-corrected chi connectivity index (χ4v) is 1.77. The standard InChI is InChI=1S/C10H13NS2/c1-2-5-8(10(12)13)9-6-3-4-7-11-9/h3-4,6-8H,2,5H2,1H3,(H,12,13). The van der Waals surface area contributed by atoms with Gasteiger partial charge in [0, 0.05) is 17.8 Å². The molecule has 1 rings (SSSR count). The topological polar surface area (TPSA) is 12.9 Å². The zero-order valence-corrected chi connectivity index (χ0v) is 9.31. The van der Waals surface area contributed by atoms with Gasteiger partial charge in [0.2, 0.25) is 0 Å². The van der Waals surface area contributed by atoms with E-state index in [1.807, 2.05) is 18.2 Å². The van der Waals surface area contributed by atoms with Crippen molar-refractivity contribution < 1.29 is 0 Å². The minimum absolute atomic E-state index is 0.226. The van der Waals surface area contributed by atoms with Gasteiger partial charge >= 0.3 is 0 Å². The van der Waals surface area contributed by atoms with Gasteiger partial charge in [-0.1, -0.05) is 31.6 Å². The fraction of sp³-hybridized carbons (Fsp3) is 0.400. The summed E-state index contributed by atoms with van der Waals surface area (Å²) in [6.07, 6.45) is 3.92. The van der Waals surface area contributed by atoms with Crippen LogP contribution >= 0.6 is 24.8 Å². The summed E-state index contributed by atoms with van der Waals surface area (Å²) in [6, 6.07) is 5.90. The average Bonchev–Trinajstić information content (AvgIpc) is 2.15. The third-order valence-electron chi connectivity index (χ3n) is 1.92. The lowest BCUT2D eigenvalue weighted by molar-refractivity contribution is 0.738. The predicted molar refractivity (Wildman–Crippen MR) is 63.5 cm³/mol. The lowest BCUT2D eigenvalue weighted by Crippen LogP contribution is -2.06. The van der Waals surface area contributed by atoms with Gasteiger partial charge in [0.15, 0.2) is 0 Å². The van der Waals surface area contributed by atoms with Gasteiger partial charge in [-0.25, -0.2) is 0 Å². The van der Waals surface area contributed by atoms with E-state index < -0.39 is 0 Å². The quantitative estimate of drug-likeness (QED) is 0.606. The fourth-order valence-electron chi connectivity index (χ4n) is 1.27. The van der Waals surface area contributed by atoms with Crippen molar-refractivity contribution in [2.45, 2.75) is 25.7 Å². The van der Waals surface area contributed by atoms with Crippen LogP contribution in [0, 0.1) is 0 Å². The van der Waals surface area contributed by atoms with Crippen molar-refractivity contribution in [3.8, 4) is 0 Å². The smallest absolute Gasteiger partial charge is 0.0538 e. The number of pyridine rings is 1. The Bertz CT molecular complexity index is 272. The van der Waals surface area contributed by atoms with Crippen LogP contribution in [0.15, 0.2) is 24.4 Å². The summed E-state index contributed by atoms with van der Waals surface area (Å²) in [6.45, 7) is 2.14. The maximum atomic E-state index is 5.09. The highest BCUT2D eigenvalue weighted by Gasteiger charge is 2.13. The molecule has 0 spiro atoms. The molecule has 0 fully saturated rings. The molecule has 1 aromatic rings. The number of rotatable bonds is 4. The van der Waals surface area contributed by atoms with E-state index in [9.17, 15) is 0 Å². The Morgan fingerprint density at radius 1 is 1.62 bits per heavy atom. The maximum absolute atomic E-state index is 5.09. The first-order chi connectivity index (χ1) is 6.25. The number of hydrogen-bond acceptors (Lipinski definition) is 2. The molecule has 3 heteroatoms. The Labute approximate surface area is 90.0 Å². The first-order valence-electron chi connectivity index (χ1n) is 4.39. The Balaban J connectivity index is 2.82. The van der Waals surface area contributed by atoms with Crippen molar-refractivity contribution in [2.75, 3.05) is 0 Å². The van der Waals surface area contributed by atoms with Gasteiger partial charge in [-0.05, 0) is 18.6 Å². The van der Waals surface area contributed by atoms with Gasteiger partial charge in [0.25, 0.3) is 0 Å². The average molecular weight is 211 g/mol. The van der Waals surface area contributed by atoms with E-state index in [0.29, 0.717) is 0 Å². The zero-order chi connectivity index (χ0) is 9.68. The van der Waals surface area contributed by atoms with E-state index in [-0.39, 0.29) is 5.92 Å². The molecule has 1 nitrogen and oxygen atoms in total. The highest BCUT2D eigenvalue weighted by Crippen LogP contribution is 2.22. The van der Waals surface area contributed by atoms with Crippen molar-refractivity contribution in [3.63, 3.8) is 0 Å². The summed E-state index contributed by atoms with van der Waals surface area (Å²) in [7, 11) is 0. The molecule has 0 aliphatic heterocycles. The molecule has 0 aromatic carbocycles. The van der Waals surface area contributed by atoms with Gasteiger partial charge in [-0.15, -0.1) is 12.6 Å². The second kappa shape index (κ2) is 5.35. The van der Waals surface area contributed by atoms with Crippen LogP contribution in [-0.2, 0) is 0 Å². The highest BCUT2D eigenvalue weighted by atomic mass is 32.1. The molecule has 0 saturated carbocycles. The molecule has 0 radical (unpaired) electrons. The summed E-state index contributed by atoms with van der Waals surface area (Å²) in [5.41, 5.74) is 1.03. The Kier molecular flexibility index (Phi) is 4.39. The third kappa shape index (κ3) is 3.08. The Morgan fingerprint density at radius 2 is 2.38 bits per heavy atom. The summed E-state index contributed by atoms with van der Waals surface area (Å²) in [5, 5.41) is 0. The summed E-state index contributed by atoms with van der Waals surface area (Å²) < 4.78 is 0.737. The molecule has 0 saturated heterocycles. The largest absolute Gasteiger partial charge is 0.261 e. The molecule has 0 bridgehead atoms. The molecular weight excluding hydrogens is 198 g/mol. The Hall–Kier alpha value is -0.410. The first-order valence-corrected chi connectivity index (χ1v) is 5.25. The van der Waals surface area contributed by atoms with Crippen molar-refractivity contribution >= 4 is 29.0 Å². The van der Waals surface area contributed by atoms with Gasteiger partial charge in [-0.2, -0.15) is 0 Å². The number of aromatic nitrogens is 1. The van der Waals surface area contributed by atoms with Crippen LogP contribution in [0.4, 0.5) is 0 Å². The molecule has 1 unspecified atom stereocenters. The van der Waals surface area contributed by atoms with E-state index in [2.05, 4.69) is 24.5 Å². The van der Waals surface area contributed by atoms with Crippen LogP contribution in [0.3, 0.4) is 0 Å². The lowest BCUT2D eigenvalue weighted by atomic mass is 10.0. The second-order valence-electron chi connectivity index (χ2n) is 2.93. The molecule has 0 aliphatic rings. The minimum Gasteiger partial charge on any atom is -0.261 e. The SMILES string of the molecule is CCCC(C(=S)S)c1ccccn1. The molecular formula is C10H13NS2. The van der Waals surface area contributed by atoms with Crippen molar-refractivity contribution in [2.24, 2.45) is 0 Å². The van der Waals surface area contributed by atoms with E-state index >= 15 is 0 Å². The van der Waals surface area contributed by atoms with Crippen LogP contribution in [0.25, 0.3) is 0 Å². The van der Waals surface area contributed by atoms with E-state index in [1.54, 1.807) is 6.20 Å². The molecule has 0 amide bonds. The normalized spacial score (nSPS) is 12.5. The van der Waals surface area contributed by atoms with Crippen LogP contribution < -0.4 is 0 Å². The second-order valence-corrected chi connectivity index (χ2v) is 4.16. The van der Waals surface area contributed by atoms with Crippen LogP contribution in [-0.4, -0.2) is 9.18 Å². The molecule has 1 heterocycles. The molecule has 13 heavy (non-hydrogen) atoms. The summed E-state index contributed by atoms with van der Waals surface area (Å²) in [5.74, 6) is 0.226. The van der Waals surface area contributed by atoms with Crippen LogP contribution in [0.1, 0.15) is 31.4 Å². The highest BCUT2D eigenvalue weighted by molar-refractivity contribution is 8.11. The maximum Gasteiger partial charge on any atom is 0.0538 e. The number of hydrogen-bond donors (Lipinski definition) is 1. The summed E-state index contributed by atoms with van der Waals surface area (Å²) >= 11 is 9.32. The predicted octanol–water partition coefficient (Wildman–Crippen LogP) is 3.22. The molecule has 1 atom stereocenters. The molecule has 0 aliphatic carbocycles. The number of thiocarbonyl (C=S) groups is 1. The van der Waals surface area contributed by atoms with Crippen molar-refractivity contribution in [3.05, 3.63) is 30.1 Å². The zero-order valence-electron chi connectivity index (χ0n) is 7.60. The van der Waals surface area contributed by atoms with E-state index in [1.165, 1.54) is 0 Å². The molecule has 70 valence electrons. The van der Waals surface area contributed by atoms with E-state index in [0.717, 1.165) is 22.7 Å². The van der Waals surface area contributed by atoms with Crippen molar-refractivity contribution in [1.82, 2.24) is 4.98 Å². The first kappa shape index (κ1) is 10.7. The number of nitrogens with zero attached hydrogens (tertiary/aromatic N) is 1.